The summed E-state index contributed by atoms with van der Waals surface area (Å²) in [6, 6.07) is 2.00. The highest BCUT2D eigenvalue weighted by Gasteiger charge is 2.14. The van der Waals surface area contributed by atoms with Gasteiger partial charge in [0.25, 0.3) is 0 Å². The summed E-state index contributed by atoms with van der Waals surface area (Å²) < 4.78 is 0. The third kappa shape index (κ3) is 3.97. The monoisotopic (exact) mass is 168 g/mol. The molecule has 0 heterocycles. The van der Waals surface area contributed by atoms with Gasteiger partial charge in [0.2, 0.25) is 5.91 Å². The van der Waals surface area contributed by atoms with Gasteiger partial charge < -0.3 is 5.32 Å². The molecule has 0 saturated carbocycles. The van der Waals surface area contributed by atoms with E-state index in [2.05, 4.69) is 5.32 Å². The Kier molecular flexibility index (Phi) is 6.08. The van der Waals surface area contributed by atoms with Crippen LogP contribution in [0.25, 0.3) is 0 Å². The summed E-state index contributed by atoms with van der Waals surface area (Å²) in [6.07, 6.45) is 2.44. The van der Waals surface area contributed by atoms with Crippen molar-refractivity contribution in [3.63, 3.8) is 0 Å². The van der Waals surface area contributed by atoms with Gasteiger partial charge in [-0.05, 0) is 12.8 Å². The van der Waals surface area contributed by atoms with Gasteiger partial charge in [-0.25, -0.2) is 0 Å². The molecule has 1 atom stereocenters. The van der Waals surface area contributed by atoms with Crippen LogP contribution in [-0.4, -0.2) is 12.5 Å². The maximum atomic E-state index is 11.2. The Morgan fingerprint density at radius 3 is 2.58 bits per heavy atom. The Balaban J connectivity index is 3.79. The first-order valence-electron chi connectivity index (χ1n) is 4.43. The van der Waals surface area contributed by atoms with Crippen LogP contribution >= 0.6 is 0 Å². The van der Waals surface area contributed by atoms with Gasteiger partial charge in [-0.3, -0.25) is 4.79 Å². The zero-order chi connectivity index (χ0) is 9.40. The lowest BCUT2D eigenvalue weighted by Crippen LogP contribution is -2.30. The first kappa shape index (κ1) is 11.0. The van der Waals surface area contributed by atoms with Crippen molar-refractivity contribution in [2.24, 2.45) is 5.92 Å². The second-order valence-electron chi connectivity index (χ2n) is 2.76. The number of nitrogens with one attached hydrogen (secondary N) is 1. The topological polar surface area (TPSA) is 52.9 Å². The molecule has 0 bridgehead atoms. The molecule has 68 valence electrons. The molecule has 0 aliphatic carbocycles. The van der Waals surface area contributed by atoms with E-state index in [1.54, 1.807) is 0 Å². The fraction of sp³-hybridized carbons (Fsp3) is 0.778. The molecule has 0 radical (unpaired) electrons. The molecule has 0 spiro atoms. The maximum absolute atomic E-state index is 11.2. The Morgan fingerprint density at radius 2 is 2.17 bits per heavy atom. The Morgan fingerprint density at radius 1 is 1.50 bits per heavy atom. The number of nitriles is 1. The summed E-state index contributed by atoms with van der Waals surface area (Å²) in [5.41, 5.74) is 0. The maximum Gasteiger partial charge on any atom is 0.237 e. The summed E-state index contributed by atoms with van der Waals surface area (Å²) in [5, 5.41) is 11.3. The number of hydrogen-bond acceptors (Lipinski definition) is 2. The van der Waals surface area contributed by atoms with Gasteiger partial charge in [0.15, 0.2) is 0 Å². The van der Waals surface area contributed by atoms with Crippen molar-refractivity contribution in [3.8, 4) is 6.07 Å². The van der Waals surface area contributed by atoms with Crippen LogP contribution in [0.2, 0.25) is 0 Å². The number of nitrogens with zero attached hydrogens (tertiary/aromatic N) is 1. The quantitative estimate of drug-likeness (QED) is 0.675. The summed E-state index contributed by atoms with van der Waals surface area (Å²) in [6.45, 7) is 4.62. The summed E-state index contributed by atoms with van der Waals surface area (Å²) >= 11 is 0. The fourth-order valence-electron chi connectivity index (χ4n) is 0.914. The highest BCUT2D eigenvalue weighted by atomic mass is 16.1. The van der Waals surface area contributed by atoms with E-state index in [4.69, 9.17) is 5.26 Å². The van der Waals surface area contributed by atoms with Gasteiger partial charge in [0.05, 0.1) is 6.07 Å². The van der Waals surface area contributed by atoms with E-state index < -0.39 is 5.92 Å². The predicted molar refractivity (Wildman–Crippen MR) is 47.3 cm³/mol. The first-order valence-corrected chi connectivity index (χ1v) is 4.43. The van der Waals surface area contributed by atoms with E-state index in [0.717, 1.165) is 12.8 Å². The number of rotatable bonds is 5. The van der Waals surface area contributed by atoms with Crippen molar-refractivity contribution >= 4 is 5.91 Å². The largest absolute Gasteiger partial charge is 0.355 e. The first-order chi connectivity index (χ1) is 5.76. The molecule has 12 heavy (non-hydrogen) atoms. The van der Waals surface area contributed by atoms with Gasteiger partial charge in [0.1, 0.15) is 5.92 Å². The molecule has 1 N–H and O–H groups in total. The molecule has 0 saturated heterocycles. The molecule has 3 heteroatoms. The minimum absolute atomic E-state index is 0.124. The van der Waals surface area contributed by atoms with Crippen molar-refractivity contribution in [3.05, 3.63) is 0 Å². The zero-order valence-corrected chi connectivity index (χ0v) is 7.76. The van der Waals surface area contributed by atoms with E-state index >= 15 is 0 Å². The second kappa shape index (κ2) is 6.66. The van der Waals surface area contributed by atoms with Gasteiger partial charge in [-0.1, -0.05) is 20.3 Å². The summed E-state index contributed by atoms with van der Waals surface area (Å²) in [7, 11) is 0. The molecule has 0 aromatic rings. The van der Waals surface area contributed by atoms with E-state index in [1.807, 2.05) is 19.9 Å². The number of carbonyl (C=O) groups excluding carboxylic acids is 1. The van der Waals surface area contributed by atoms with Crippen LogP contribution in [0.1, 0.15) is 33.1 Å². The number of hydrogen-bond donors (Lipinski definition) is 1. The van der Waals surface area contributed by atoms with Gasteiger partial charge >= 0.3 is 0 Å². The van der Waals surface area contributed by atoms with Crippen LogP contribution < -0.4 is 5.32 Å². The lowest BCUT2D eigenvalue weighted by Gasteiger charge is -2.07. The van der Waals surface area contributed by atoms with Gasteiger partial charge in [-0.2, -0.15) is 5.26 Å². The van der Waals surface area contributed by atoms with E-state index in [-0.39, 0.29) is 5.91 Å². The van der Waals surface area contributed by atoms with Crippen molar-refractivity contribution in [2.75, 3.05) is 6.54 Å². The van der Waals surface area contributed by atoms with Crippen molar-refractivity contribution < 1.29 is 4.79 Å². The molecule has 1 amide bonds. The number of amides is 1. The second-order valence-corrected chi connectivity index (χ2v) is 2.76. The molecule has 0 fully saturated rings. The normalized spacial score (nSPS) is 11.8. The Labute approximate surface area is 73.8 Å². The van der Waals surface area contributed by atoms with E-state index in [9.17, 15) is 4.79 Å². The van der Waals surface area contributed by atoms with E-state index in [1.165, 1.54) is 0 Å². The molecule has 0 rings (SSSR count). The van der Waals surface area contributed by atoms with Crippen molar-refractivity contribution in [1.82, 2.24) is 5.32 Å². The SMILES string of the molecule is CCCNC(=O)C(C#N)CCC. The van der Waals surface area contributed by atoms with Crippen LogP contribution in [-0.2, 0) is 4.79 Å². The molecular formula is C9H16N2O. The predicted octanol–water partition coefficient (Wildman–Crippen LogP) is 1.45. The van der Waals surface area contributed by atoms with Gasteiger partial charge in [-0.15, -0.1) is 0 Å². The van der Waals surface area contributed by atoms with Crippen LogP contribution in [0.3, 0.4) is 0 Å². The zero-order valence-electron chi connectivity index (χ0n) is 7.76. The molecule has 0 aromatic heterocycles. The number of carbonyl (C=O) groups is 1. The van der Waals surface area contributed by atoms with Crippen molar-refractivity contribution in [2.45, 2.75) is 33.1 Å². The Hall–Kier alpha value is -1.04. The van der Waals surface area contributed by atoms with Gasteiger partial charge in [0, 0.05) is 6.54 Å². The third-order valence-corrected chi connectivity index (χ3v) is 1.60. The molecule has 0 aromatic carbocycles. The molecule has 0 aliphatic heterocycles. The third-order valence-electron chi connectivity index (χ3n) is 1.60. The van der Waals surface area contributed by atoms with Crippen LogP contribution in [0, 0.1) is 17.2 Å². The van der Waals surface area contributed by atoms with Crippen LogP contribution in [0.4, 0.5) is 0 Å². The summed E-state index contributed by atoms with van der Waals surface area (Å²) in [5.74, 6) is -0.581. The molecule has 1 unspecified atom stereocenters. The van der Waals surface area contributed by atoms with Crippen molar-refractivity contribution in [1.29, 1.82) is 5.26 Å². The Bertz CT molecular complexity index is 172. The highest BCUT2D eigenvalue weighted by Crippen LogP contribution is 2.04. The average Bonchev–Trinajstić information content (AvgIpc) is 2.10. The lowest BCUT2D eigenvalue weighted by atomic mass is 10.1. The average molecular weight is 168 g/mol. The lowest BCUT2D eigenvalue weighted by molar-refractivity contribution is -0.123. The molecule has 0 aliphatic rings. The smallest absolute Gasteiger partial charge is 0.237 e. The fourth-order valence-corrected chi connectivity index (χ4v) is 0.914. The molecule has 3 nitrogen and oxygen atoms in total. The highest BCUT2D eigenvalue weighted by molar-refractivity contribution is 5.80. The minimum Gasteiger partial charge on any atom is -0.355 e. The summed E-state index contributed by atoms with van der Waals surface area (Å²) in [4.78, 5) is 11.2. The minimum atomic E-state index is -0.457. The molecular weight excluding hydrogens is 152 g/mol. The standard InChI is InChI=1S/C9H16N2O/c1-3-5-8(7-10)9(12)11-6-4-2/h8H,3-6H2,1-2H3,(H,11,12). The van der Waals surface area contributed by atoms with Crippen LogP contribution in [0.5, 0.6) is 0 Å². The van der Waals surface area contributed by atoms with Crippen LogP contribution in [0.15, 0.2) is 0 Å². The van der Waals surface area contributed by atoms with E-state index in [0.29, 0.717) is 13.0 Å².